The molecule has 0 aromatic heterocycles. The van der Waals surface area contributed by atoms with E-state index in [9.17, 15) is 4.79 Å². The second kappa shape index (κ2) is 14.5. The smallest absolute Gasteiger partial charge is 0.338 e. The topological polar surface area (TPSA) is 63.2 Å². The molecule has 4 aromatic carbocycles. The standard InChI is InChI=1S/C34H34O6/c35-34(29-19-11-4-12-20-29)40-31-25-37-30(24-36-21-26-13-5-1-6-14-26)32(38-22-27-15-7-2-8-16-27)33(31)39-23-28-17-9-3-10-18-28/h1-20,30-33H,21-25H2/t30-,31+,32-,33-/m1/s1. The van der Waals surface area contributed by atoms with Gasteiger partial charge in [-0.05, 0) is 28.8 Å². The molecule has 0 spiro atoms. The van der Waals surface area contributed by atoms with E-state index in [4.69, 9.17) is 23.7 Å². The Morgan fingerprint density at radius 2 is 1.10 bits per heavy atom. The Kier molecular flexibility index (Phi) is 10.1. The molecule has 0 unspecified atom stereocenters. The Balaban J connectivity index is 1.35. The summed E-state index contributed by atoms with van der Waals surface area (Å²) in [4.78, 5) is 13.0. The number of carbonyl (C=O) groups is 1. The number of carbonyl (C=O) groups excluding carboxylic acids is 1. The van der Waals surface area contributed by atoms with Crippen molar-refractivity contribution in [2.45, 2.75) is 44.2 Å². The number of esters is 1. The highest BCUT2D eigenvalue weighted by Gasteiger charge is 2.44. The molecule has 0 aliphatic carbocycles. The van der Waals surface area contributed by atoms with Crippen LogP contribution in [0.15, 0.2) is 121 Å². The van der Waals surface area contributed by atoms with Gasteiger partial charge in [0.2, 0.25) is 0 Å². The third kappa shape index (κ3) is 7.87. The molecule has 4 atom stereocenters. The van der Waals surface area contributed by atoms with Gasteiger partial charge in [0.25, 0.3) is 0 Å². The van der Waals surface area contributed by atoms with Crippen molar-refractivity contribution < 1.29 is 28.5 Å². The number of hydrogen-bond donors (Lipinski definition) is 0. The van der Waals surface area contributed by atoms with Gasteiger partial charge in [0, 0.05) is 0 Å². The highest BCUT2D eigenvalue weighted by Crippen LogP contribution is 2.27. The van der Waals surface area contributed by atoms with Gasteiger partial charge < -0.3 is 23.7 Å². The average Bonchev–Trinajstić information content (AvgIpc) is 3.02. The van der Waals surface area contributed by atoms with Crippen LogP contribution in [0.2, 0.25) is 0 Å². The first-order valence-electron chi connectivity index (χ1n) is 13.6. The summed E-state index contributed by atoms with van der Waals surface area (Å²) >= 11 is 0. The Labute approximate surface area is 235 Å². The minimum atomic E-state index is -0.664. The minimum Gasteiger partial charge on any atom is -0.453 e. The van der Waals surface area contributed by atoms with E-state index in [1.807, 2.05) is 109 Å². The van der Waals surface area contributed by atoms with Crippen LogP contribution in [-0.4, -0.2) is 43.6 Å². The van der Waals surface area contributed by atoms with E-state index in [-0.39, 0.29) is 6.61 Å². The fourth-order valence-corrected chi connectivity index (χ4v) is 4.66. The number of benzene rings is 4. The van der Waals surface area contributed by atoms with Gasteiger partial charge in [0.1, 0.15) is 18.3 Å². The zero-order valence-electron chi connectivity index (χ0n) is 22.3. The molecule has 1 aliphatic heterocycles. The maximum absolute atomic E-state index is 13.0. The largest absolute Gasteiger partial charge is 0.453 e. The molecule has 6 nitrogen and oxygen atoms in total. The first-order valence-corrected chi connectivity index (χ1v) is 13.6. The quantitative estimate of drug-likeness (QED) is 0.206. The minimum absolute atomic E-state index is 0.169. The van der Waals surface area contributed by atoms with Crippen LogP contribution in [0, 0.1) is 0 Å². The molecule has 206 valence electrons. The fraction of sp³-hybridized carbons (Fsp3) is 0.265. The monoisotopic (exact) mass is 538 g/mol. The molecule has 1 saturated heterocycles. The molecule has 4 aromatic rings. The van der Waals surface area contributed by atoms with Crippen molar-refractivity contribution in [3.05, 3.63) is 144 Å². The van der Waals surface area contributed by atoms with Crippen molar-refractivity contribution in [1.29, 1.82) is 0 Å². The van der Waals surface area contributed by atoms with E-state index in [1.165, 1.54) is 0 Å². The third-order valence-corrected chi connectivity index (χ3v) is 6.76. The van der Waals surface area contributed by atoms with Crippen molar-refractivity contribution >= 4 is 5.97 Å². The summed E-state index contributed by atoms with van der Waals surface area (Å²) in [5.41, 5.74) is 3.59. The van der Waals surface area contributed by atoms with Gasteiger partial charge >= 0.3 is 5.97 Å². The molecule has 0 amide bonds. The predicted molar refractivity (Wildman–Crippen MR) is 152 cm³/mol. The molecule has 1 aliphatic rings. The van der Waals surface area contributed by atoms with E-state index in [0.717, 1.165) is 16.7 Å². The fourth-order valence-electron chi connectivity index (χ4n) is 4.66. The van der Waals surface area contributed by atoms with Gasteiger partial charge in [-0.15, -0.1) is 0 Å². The molecule has 1 fully saturated rings. The third-order valence-electron chi connectivity index (χ3n) is 6.76. The second-order valence-electron chi connectivity index (χ2n) is 9.70. The van der Waals surface area contributed by atoms with E-state index in [1.54, 1.807) is 12.1 Å². The van der Waals surface area contributed by atoms with Crippen LogP contribution in [-0.2, 0) is 43.5 Å². The van der Waals surface area contributed by atoms with Crippen molar-refractivity contribution in [3.63, 3.8) is 0 Å². The zero-order chi connectivity index (χ0) is 27.4. The molecule has 0 bridgehead atoms. The summed E-state index contributed by atoms with van der Waals surface area (Å²) in [6.45, 7) is 1.62. The van der Waals surface area contributed by atoms with Gasteiger partial charge in [-0.25, -0.2) is 4.79 Å². The van der Waals surface area contributed by atoms with E-state index < -0.39 is 30.4 Å². The summed E-state index contributed by atoms with van der Waals surface area (Å²) in [6, 6.07) is 38.8. The normalized spacial score (nSPS) is 20.6. The van der Waals surface area contributed by atoms with E-state index in [2.05, 4.69) is 0 Å². The number of ether oxygens (including phenoxy) is 5. The molecule has 0 radical (unpaired) electrons. The lowest BCUT2D eigenvalue weighted by Gasteiger charge is -2.41. The Morgan fingerprint density at radius 3 is 1.65 bits per heavy atom. The molecule has 0 N–H and O–H groups in total. The van der Waals surface area contributed by atoms with Crippen LogP contribution in [0.5, 0.6) is 0 Å². The van der Waals surface area contributed by atoms with Crippen molar-refractivity contribution in [1.82, 2.24) is 0 Å². The molecule has 5 rings (SSSR count). The lowest BCUT2D eigenvalue weighted by atomic mass is 9.99. The first-order chi connectivity index (χ1) is 19.8. The Hall–Kier alpha value is -3.81. The molecule has 6 heteroatoms. The second-order valence-corrected chi connectivity index (χ2v) is 9.70. The summed E-state index contributed by atoms with van der Waals surface area (Å²) in [7, 11) is 0. The maximum Gasteiger partial charge on any atom is 0.338 e. The molecule has 40 heavy (non-hydrogen) atoms. The van der Waals surface area contributed by atoms with Crippen LogP contribution in [0.4, 0.5) is 0 Å². The van der Waals surface area contributed by atoms with Gasteiger partial charge in [0.05, 0.1) is 38.6 Å². The van der Waals surface area contributed by atoms with Crippen molar-refractivity contribution in [2.75, 3.05) is 13.2 Å². The van der Waals surface area contributed by atoms with Crippen LogP contribution < -0.4 is 0 Å². The Bertz CT molecular complexity index is 1280. The van der Waals surface area contributed by atoms with Crippen LogP contribution >= 0.6 is 0 Å². The SMILES string of the molecule is O=C(O[C@H]1CO[C@H](COCc2ccccc2)[C@@H](OCc2ccccc2)[C@@H]1OCc1ccccc1)c1ccccc1. The summed E-state index contributed by atoms with van der Waals surface area (Å²) in [6.07, 6.45) is -2.19. The van der Waals surface area contributed by atoms with Crippen LogP contribution in [0.3, 0.4) is 0 Å². The lowest BCUT2D eigenvalue weighted by molar-refractivity contribution is -0.234. The highest BCUT2D eigenvalue weighted by molar-refractivity contribution is 5.89. The Morgan fingerprint density at radius 1 is 0.625 bits per heavy atom. The van der Waals surface area contributed by atoms with Crippen molar-refractivity contribution in [3.8, 4) is 0 Å². The van der Waals surface area contributed by atoms with Crippen LogP contribution in [0.1, 0.15) is 27.0 Å². The lowest BCUT2D eigenvalue weighted by Crippen LogP contribution is -2.57. The first kappa shape index (κ1) is 27.7. The number of hydrogen-bond acceptors (Lipinski definition) is 6. The summed E-state index contributed by atoms with van der Waals surface area (Å²) in [5, 5.41) is 0. The van der Waals surface area contributed by atoms with Gasteiger partial charge in [-0.1, -0.05) is 109 Å². The maximum atomic E-state index is 13.0. The predicted octanol–water partition coefficient (Wildman–Crippen LogP) is 6.00. The molecular formula is C34H34O6. The van der Waals surface area contributed by atoms with Gasteiger partial charge in [-0.2, -0.15) is 0 Å². The summed E-state index contributed by atoms with van der Waals surface area (Å²) in [5.74, 6) is -0.428. The van der Waals surface area contributed by atoms with E-state index in [0.29, 0.717) is 32.0 Å². The number of rotatable bonds is 12. The highest BCUT2D eigenvalue weighted by atomic mass is 16.6. The van der Waals surface area contributed by atoms with Gasteiger partial charge in [-0.3, -0.25) is 0 Å². The van der Waals surface area contributed by atoms with Crippen LogP contribution in [0.25, 0.3) is 0 Å². The average molecular weight is 539 g/mol. The van der Waals surface area contributed by atoms with E-state index >= 15 is 0 Å². The molecular weight excluding hydrogens is 504 g/mol. The molecule has 0 saturated carbocycles. The zero-order valence-corrected chi connectivity index (χ0v) is 22.3. The van der Waals surface area contributed by atoms with Gasteiger partial charge in [0.15, 0.2) is 6.10 Å². The summed E-state index contributed by atoms with van der Waals surface area (Å²) < 4.78 is 31.2. The van der Waals surface area contributed by atoms with Crippen molar-refractivity contribution in [2.24, 2.45) is 0 Å². The molecule has 1 heterocycles.